The number of rotatable bonds is 10. The van der Waals surface area contributed by atoms with Crippen molar-refractivity contribution in [3.05, 3.63) is 76.7 Å². The minimum atomic E-state index is -0.227. The van der Waals surface area contributed by atoms with Gasteiger partial charge in [-0.05, 0) is 48.4 Å². The largest absolute Gasteiger partial charge is 0.497 e. The number of hydrogen-bond donors (Lipinski definition) is 1. The van der Waals surface area contributed by atoms with Crippen LogP contribution in [0, 0.1) is 0 Å². The number of pyridine rings is 1. The lowest BCUT2D eigenvalue weighted by Gasteiger charge is -2.14. The van der Waals surface area contributed by atoms with Gasteiger partial charge in [0.05, 0.1) is 32.5 Å². The van der Waals surface area contributed by atoms with Gasteiger partial charge in [0.1, 0.15) is 5.75 Å². The fraction of sp³-hybridized carbons (Fsp3) is 0.231. The molecule has 0 spiro atoms. The number of nitrogens with zero attached hydrogens (tertiary/aromatic N) is 3. The first-order chi connectivity index (χ1) is 17.5. The molecule has 0 bridgehead atoms. The number of amides is 1. The van der Waals surface area contributed by atoms with Crippen molar-refractivity contribution in [2.45, 2.75) is 18.1 Å². The second kappa shape index (κ2) is 11.6. The van der Waals surface area contributed by atoms with E-state index in [2.05, 4.69) is 15.3 Å². The van der Waals surface area contributed by atoms with Crippen molar-refractivity contribution in [1.29, 1.82) is 0 Å². The number of aryl methyl sites for hydroxylation is 1. The van der Waals surface area contributed by atoms with Gasteiger partial charge in [0.25, 0.3) is 5.56 Å². The molecule has 0 aliphatic heterocycles. The van der Waals surface area contributed by atoms with Crippen LogP contribution in [0.15, 0.2) is 70.7 Å². The number of benzene rings is 2. The standard InChI is InChI=1S/C26H26N4O5S/c1-33-19-7-4-6-18(15-19)28-23(31)16-36-26-29-24-20(8-5-12-27-24)25(32)30(26)13-11-17-9-10-21(34-2)22(14-17)35-3/h4-10,12,14-15H,11,13,16H2,1-3H3,(H,28,31). The van der Waals surface area contributed by atoms with Gasteiger partial charge in [-0.3, -0.25) is 14.2 Å². The van der Waals surface area contributed by atoms with Gasteiger partial charge < -0.3 is 19.5 Å². The highest BCUT2D eigenvalue weighted by Crippen LogP contribution is 2.28. The Hall–Kier alpha value is -4.05. The molecule has 4 aromatic rings. The van der Waals surface area contributed by atoms with Crippen LogP contribution in [0.5, 0.6) is 17.2 Å². The van der Waals surface area contributed by atoms with Crippen LogP contribution in [-0.4, -0.2) is 47.5 Å². The molecule has 0 radical (unpaired) electrons. The van der Waals surface area contributed by atoms with Crippen molar-refractivity contribution in [2.75, 3.05) is 32.4 Å². The molecule has 0 aliphatic carbocycles. The van der Waals surface area contributed by atoms with Crippen LogP contribution in [0.1, 0.15) is 5.56 Å². The summed E-state index contributed by atoms with van der Waals surface area (Å²) in [5, 5.41) is 3.69. The summed E-state index contributed by atoms with van der Waals surface area (Å²) in [6.07, 6.45) is 2.14. The molecule has 1 amide bonds. The molecule has 2 heterocycles. The summed E-state index contributed by atoms with van der Waals surface area (Å²) in [4.78, 5) is 34.8. The molecule has 0 saturated heterocycles. The molecule has 0 fully saturated rings. The van der Waals surface area contributed by atoms with Gasteiger partial charge in [-0.25, -0.2) is 9.97 Å². The first-order valence-corrected chi connectivity index (χ1v) is 12.1. The van der Waals surface area contributed by atoms with Gasteiger partial charge >= 0.3 is 0 Å². The lowest BCUT2D eigenvalue weighted by atomic mass is 10.1. The second-order valence-corrected chi connectivity index (χ2v) is 8.68. The molecule has 36 heavy (non-hydrogen) atoms. The van der Waals surface area contributed by atoms with E-state index in [1.54, 1.807) is 68.5 Å². The first kappa shape index (κ1) is 25.1. The number of aromatic nitrogens is 3. The summed E-state index contributed by atoms with van der Waals surface area (Å²) < 4.78 is 17.5. The number of carbonyl (C=O) groups excluding carboxylic acids is 1. The molecule has 2 aromatic heterocycles. The van der Waals surface area contributed by atoms with Crippen molar-refractivity contribution in [2.24, 2.45) is 0 Å². The zero-order valence-corrected chi connectivity index (χ0v) is 21.0. The third-order valence-corrected chi connectivity index (χ3v) is 6.43. The maximum Gasteiger partial charge on any atom is 0.263 e. The van der Waals surface area contributed by atoms with Gasteiger partial charge in [-0.2, -0.15) is 0 Å². The van der Waals surface area contributed by atoms with Gasteiger partial charge in [0, 0.05) is 24.5 Å². The fourth-order valence-electron chi connectivity index (χ4n) is 3.65. The predicted molar refractivity (Wildman–Crippen MR) is 139 cm³/mol. The number of thioether (sulfide) groups is 1. The molecule has 1 N–H and O–H groups in total. The monoisotopic (exact) mass is 506 g/mol. The SMILES string of the molecule is COc1cccc(NC(=O)CSc2nc3ncccc3c(=O)n2CCc2ccc(OC)c(OC)c2)c1. The topological polar surface area (TPSA) is 105 Å². The van der Waals surface area contributed by atoms with Crippen LogP contribution in [0.3, 0.4) is 0 Å². The summed E-state index contributed by atoms with van der Waals surface area (Å²) in [6.45, 7) is 0.367. The zero-order chi connectivity index (χ0) is 25.5. The number of methoxy groups -OCH3 is 3. The molecule has 0 saturated carbocycles. The van der Waals surface area contributed by atoms with Gasteiger partial charge in [0.15, 0.2) is 22.3 Å². The molecular formula is C26H26N4O5S. The van der Waals surface area contributed by atoms with E-state index < -0.39 is 0 Å². The average Bonchev–Trinajstić information content (AvgIpc) is 2.91. The van der Waals surface area contributed by atoms with Crippen LogP contribution >= 0.6 is 11.8 Å². The number of anilines is 1. The quantitative estimate of drug-likeness (QED) is 0.256. The maximum atomic E-state index is 13.3. The van der Waals surface area contributed by atoms with Crippen LogP contribution in [0.2, 0.25) is 0 Å². The Kier molecular flexibility index (Phi) is 8.06. The van der Waals surface area contributed by atoms with Gasteiger partial charge in [-0.15, -0.1) is 0 Å². The van der Waals surface area contributed by atoms with E-state index in [0.29, 0.717) is 52.1 Å². The molecule has 0 atom stereocenters. The summed E-state index contributed by atoms with van der Waals surface area (Å²) in [7, 11) is 4.73. The Labute approximate surface area is 212 Å². The van der Waals surface area contributed by atoms with Crippen molar-refractivity contribution in [3.63, 3.8) is 0 Å². The van der Waals surface area contributed by atoms with Crippen LogP contribution < -0.4 is 25.1 Å². The first-order valence-electron chi connectivity index (χ1n) is 11.2. The summed E-state index contributed by atoms with van der Waals surface area (Å²) in [6, 6.07) is 16.2. The fourth-order valence-corrected chi connectivity index (χ4v) is 4.46. The number of hydrogen-bond acceptors (Lipinski definition) is 8. The smallest absolute Gasteiger partial charge is 0.263 e. The Morgan fingerprint density at radius 2 is 1.83 bits per heavy atom. The Morgan fingerprint density at radius 3 is 2.61 bits per heavy atom. The number of fused-ring (bicyclic) bond motifs is 1. The molecule has 2 aromatic carbocycles. The van der Waals surface area contributed by atoms with E-state index >= 15 is 0 Å². The normalized spacial score (nSPS) is 10.8. The zero-order valence-electron chi connectivity index (χ0n) is 20.2. The van der Waals surface area contributed by atoms with Crippen molar-refractivity contribution in [1.82, 2.24) is 14.5 Å². The molecule has 4 rings (SSSR count). The van der Waals surface area contributed by atoms with Gasteiger partial charge in [-0.1, -0.05) is 23.9 Å². The van der Waals surface area contributed by atoms with Crippen molar-refractivity contribution < 1.29 is 19.0 Å². The Balaban J connectivity index is 1.55. The third-order valence-electron chi connectivity index (χ3n) is 5.45. The number of carbonyl (C=O) groups is 1. The molecular weight excluding hydrogens is 480 g/mol. The number of ether oxygens (including phenoxy) is 3. The maximum absolute atomic E-state index is 13.3. The molecule has 0 unspecified atom stereocenters. The summed E-state index contributed by atoms with van der Waals surface area (Å²) in [5.41, 5.74) is 1.74. The highest BCUT2D eigenvalue weighted by atomic mass is 32.2. The molecule has 0 aliphatic rings. The minimum Gasteiger partial charge on any atom is -0.497 e. The van der Waals surface area contributed by atoms with Crippen LogP contribution in [0.4, 0.5) is 5.69 Å². The van der Waals surface area contributed by atoms with E-state index in [0.717, 1.165) is 5.56 Å². The van der Waals surface area contributed by atoms with Crippen LogP contribution in [0.25, 0.3) is 11.0 Å². The Morgan fingerprint density at radius 1 is 1.00 bits per heavy atom. The summed E-state index contributed by atoms with van der Waals surface area (Å²) >= 11 is 1.19. The van der Waals surface area contributed by atoms with E-state index in [-0.39, 0.29) is 17.2 Å². The highest BCUT2D eigenvalue weighted by molar-refractivity contribution is 7.99. The van der Waals surface area contributed by atoms with E-state index in [9.17, 15) is 9.59 Å². The highest BCUT2D eigenvalue weighted by Gasteiger charge is 2.15. The predicted octanol–water partition coefficient (Wildman–Crippen LogP) is 3.79. The van der Waals surface area contributed by atoms with E-state index in [1.165, 1.54) is 11.8 Å². The van der Waals surface area contributed by atoms with Crippen LogP contribution in [-0.2, 0) is 17.8 Å². The molecule has 10 heteroatoms. The Bertz CT molecular complexity index is 1440. The van der Waals surface area contributed by atoms with E-state index in [4.69, 9.17) is 14.2 Å². The lowest BCUT2D eigenvalue weighted by molar-refractivity contribution is -0.113. The van der Waals surface area contributed by atoms with Crippen molar-refractivity contribution in [3.8, 4) is 17.2 Å². The summed E-state index contributed by atoms with van der Waals surface area (Å²) in [5.74, 6) is 1.74. The third kappa shape index (κ3) is 5.77. The number of nitrogens with one attached hydrogen (secondary N) is 1. The second-order valence-electron chi connectivity index (χ2n) is 7.73. The molecule has 9 nitrogen and oxygen atoms in total. The van der Waals surface area contributed by atoms with Gasteiger partial charge in [0.2, 0.25) is 5.91 Å². The lowest BCUT2D eigenvalue weighted by Crippen LogP contribution is -2.25. The van der Waals surface area contributed by atoms with E-state index in [1.807, 2.05) is 18.2 Å². The van der Waals surface area contributed by atoms with Crippen molar-refractivity contribution >= 4 is 34.4 Å². The minimum absolute atomic E-state index is 0.0678. The average molecular weight is 507 g/mol. The molecule has 186 valence electrons.